The predicted molar refractivity (Wildman–Crippen MR) is 54.4 cm³/mol. The summed E-state index contributed by atoms with van der Waals surface area (Å²) in [6.07, 6.45) is 2.83. The Morgan fingerprint density at radius 2 is 2.14 bits per heavy atom. The number of fused-ring (bicyclic) bond motifs is 1. The zero-order chi connectivity index (χ0) is 9.97. The van der Waals surface area contributed by atoms with E-state index in [1.807, 2.05) is 30.3 Å². The van der Waals surface area contributed by atoms with E-state index in [1.165, 1.54) is 6.08 Å². The molecular formula is C11H9NO2. The first-order valence-electron chi connectivity index (χ1n) is 4.22. The van der Waals surface area contributed by atoms with Crippen molar-refractivity contribution in [1.29, 1.82) is 0 Å². The number of carbonyl (C=O) groups is 1. The second kappa shape index (κ2) is 3.38. The maximum atomic E-state index is 10.5. The van der Waals surface area contributed by atoms with Gasteiger partial charge >= 0.3 is 0 Å². The molecule has 3 nitrogen and oxygen atoms in total. The molecule has 0 atom stereocenters. The van der Waals surface area contributed by atoms with Crippen LogP contribution in [0.1, 0.15) is 5.76 Å². The van der Waals surface area contributed by atoms with Crippen molar-refractivity contribution >= 4 is 23.0 Å². The number of hydrogen-bond donors (Lipinski definition) is 1. The molecule has 0 saturated carbocycles. The number of carbonyl (C=O) groups excluding carboxylic acids is 1. The number of amides is 1. The maximum Gasteiger partial charge on any atom is 0.241 e. The Kier molecular flexibility index (Phi) is 2.07. The second-order valence-electron chi connectivity index (χ2n) is 2.92. The fourth-order valence-corrected chi connectivity index (χ4v) is 1.25. The summed E-state index contributed by atoms with van der Waals surface area (Å²) in [4.78, 5) is 10.5. The van der Waals surface area contributed by atoms with Crippen molar-refractivity contribution in [3.05, 3.63) is 42.2 Å². The van der Waals surface area contributed by atoms with E-state index in [0.717, 1.165) is 11.0 Å². The lowest BCUT2D eigenvalue weighted by Gasteiger charge is -1.83. The highest BCUT2D eigenvalue weighted by Crippen LogP contribution is 2.19. The van der Waals surface area contributed by atoms with Crippen LogP contribution in [0.2, 0.25) is 0 Å². The fourth-order valence-electron chi connectivity index (χ4n) is 1.25. The molecule has 1 heterocycles. The average molecular weight is 187 g/mol. The minimum absolute atomic E-state index is 0.481. The lowest BCUT2D eigenvalue weighted by Crippen LogP contribution is -2.04. The molecule has 0 aliphatic carbocycles. The van der Waals surface area contributed by atoms with Crippen LogP contribution in [0.3, 0.4) is 0 Å². The molecule has 0 aliphatic rings. The monoisotopic (exact) mass is 187 g/mol. The minimum atomic E-state index is -0.481. The summed E-state index contributed by atoms with van der Waals surface area (Å²) in [7, 11) is 0. The summed E-state index contributed by atoms with van der Waals surface area (Å²) in [5.74, 6) is 0.149. The number of benzene rings is 1. The Labute approximate surface area is 80.8 Å². The normalized spacial score (nSPS) is 11.1. The van der Waals surface area contributed by atoms with Gasteiger partial charge in [-0.2, -0.15) is 0 Å². The molecule has 14 heavy (non-hydrogen) atoms. The van der Waals surface area contributed by atoms with Gasteiger partial charge < -0.3 is 10.2 Å². The lowest BCUT2D eigenvalue weighted by molar-refractivity contribution is -0.113. The van der Waals surface area contributed by atoms with Gasteiger partial charge in [-0.25, -0.2) is 0 Å². The maximum absolute atomic E-state index is 10.5. The lowest BCUT2D eigenvalue weighted by atomic mass is 10.2. The van der Waals surface area contributed by atoms with E-state index >= 15 is 0 Å². The molecule has 2 rings (SSSR count). The van der Waals surface area contributed by atoms with Crippen molar-refractivity contribution in [1.82, 2.24) is 0 Å². The summed E-state index contributed by atoms with van der Waals surface area (Å²) in [5, 5.41) is 1.01. The predicted octanol–water partition coefficient (Wildman–Crippen LogP) is 1.93. The van der Waals surface area contributed by atoms with E-state index in [-0.39, 0.29) is 0 Å². The first kappa shape index (κ1) is 8.56. The topological polar surface area (TPSA) is 56.2 Å². The van der Waals surface area contributed by atoms with Crippen LogP contribution >= 0.6 is 0 Å². The van der Waals surface area contributed by atoms with E-state index in [4.69, 9.17) is 10.2 Å². The zero-order valence-corrected chi connectivity index (χ0v) is 7.44. The molecule has 0 fully saturated rings. The fraction of sp³-hybridized carbons (Fsp3) is 0. The van der Waals surface area contributed by atoms with Gasteiger partial charge in [0.1, 0.15) is 11.3 Å². The van der Waals surface area contributed by atoms with E-state index < -0.39 is 5.91 Å². The molecule has 2 N–H and O–H groups in total. The summed E-state index contributed by atoms with van der Waals surface area (Å²) in [5.41, 5.74) is 5.77. The van der Waals surface area contributed by atoms with Gasteiger partial charge in [0.25, 0.3) is 0 Å². The van der Waals surface area contributed by atoms with Crippen molar-refractivity contribution in [2.75, 3.05) is 0 Å². The van der Waals surface area contributed by atoms with Crippen LogP contribution in [0, 0.1) is 0 Å². The van der Waals surface area contributed by atoms with Gasteiger partial charge in [-0.15, -0.1) is 0 Å². The van der Waals surface area contributed by atoms with E-state index in [9.17, 15) is 4.79 Å². The summed E-state index contributed by atoms with van der Waals surface area (Å²) < 4.78 is 5.42. The second-order valence-corrected chi connectivity index (χ2v) is 2.92. The highest BCUT2D eigenvalue weighted by Gasteiger charge is 1.98. The van der Waals surface area contributed by atoms with Crippen molar-refractivity contribution in [2.24, 2.45) is 5.73 Å². The van der Waals surface area contributed by atoms with Crippen LogP contribution in [-0.4, -0.2) is 5.91 Å². The zero-order valence-electron chi connectivity index (χ0n) is 7.44. The number of hydrogen-bond acceptors (Lipinski definition) is 2. The molecule has 1 aromatic carbocycles. The number of rotatable bonds is 2. The summed E-state index contributed by atoms with van der Waals surface area (Å²) >= 11 is 0. The van der Waals surface area contributed by atoms with Gasteiger partial charge in [0.05, 0.1) is 0 Å². The van der Waals surface area contributed by atoms with Gasteiger partial charge in [-0.05, 0) is 18.2 Å². The molecule has 1 aromatic heterocycles. The van der Waals surface area contributed by atoms with Crippen LogP contribution in [0.15, 0.2) is 40.8 Å². The van der Waals surface area contributed by atoms with Crippen molar-refractivity contribution < 1.29 is 9.21 Å². The molecule has 1 amide bonds. The molecule has 2 aromatic rings. The molecule has 0 saturated heterocycles. The quantitative estimate of drug-likeness (QED) is 0.730. The minimum Gasteiger partial charge on any atom is -0.457 e. The van der Waals surface area contributed by atoms with E-state index in [1.54, 1.807) is 6.08 Å². The first-order valence-corrected chi connectivity index (χ1v) is 4.22. The Morgan fingerprint density at radius 3 is 2.86 bits per heavy atom. The molecular weight excluding hydrogens is 178 g/mol. The molecule has 0 spiro atoms. The number of nitrogens with two attached hydrogens (primary N) is 1. The molecule has 70 valence electrons. The third-order valence-corrected chi connectivity index (χ3v) is 1.86. The third kappa shape index (κ3) is 1.66. The molecule has 3 heteroatoms. The summed E-state index contributed by atoms with van der Waals surface area (Å²) in [6, 6.07) is 9.50. The van der Waals surface area contributed by atoms with Gasteiger partial charge in [-0.1, -0.05) is 18.2 Å². The smallest absolute Gasteiger partial charge is 0.241 e. The Morgan fingerprint density at radius 1 is 1.36 bits per heavy atom. The highest BCUT2D eigenvalue weighted by atomic mass is 16.3. The first-order chi connectivity index (χ1) is 6.75. The van der Waals surface area contributed by atoms with Gasteiger partial charge in [0.2, 0.25) is 5.91 Å². The molecule has 0 radical (unpaired) electrons. The van der Waals surface area contributed by atoms with E-state index in [2.05, 4.69) is 0 Å². The third-order valence-electron chi connectivity index (χ3n) is 1.86. The van der Waals surface area contributed by atoms with E-state index in [0.29, 0.717) is 5.76 Å². The molecule has 0 bridgehead atoms. The Balaban J connectivity index is 2.40. The van der Waals surface area contributed by atoms with Crippen LogP contribution in [-0.2, 0) is 4.79 Å². The Hall–Kier alpha value is -2.03. The van der Waals surface area contributed by atoms with Crippen LogP contribution in [0.4, 0.5) is 0 Å². The summed E-state index contributed by atoms with van der Waals surface area (Å²) in [6.45, 7) is 0. The van der Waals surface area contributed by atoms with Crippen molar-refractivity contribution in [3.8, 4) is 0 Å². The Bertz CT molecular complexity index is 464. The number of furan rings is 1. The number of para-hydroxylation sites is 1. The average Bonchev–Trinajstić information content (AvgIpc) is 2.57. The van der Waals surface area contributed by atoms with Crippen LogP contribution < -0.4 is 5.73 Å². The number of primary amides is 1. The van der Waals surface area contributed by atoms with Gasteiger partial charge in [0, 0.05) is 11.5 Å². The molecule has 0 aliphatic heterocycles. The van der Waals surface area contributed by atoms with Crippen LogP contribution in [0.5, 0.6) is 0 Å². The largest absolute Gasteiger partial charge is 0.457 e. The highest BCUT2D eigenvalue weighted by molar-refractivity contribution is 5.90. The van der Waals surface area contributed by atoms with Gasteiger partial charge in [-0.3, -0.25) is 4.79 Å². The van der Waals surface area contributed by atoms with Crippen LogP contribution in [0.25, 0.3) is 17.0 Å². The molecule has 0 unspecified atom stereocenters. The SMILES string of the molecule is NC(=O)/C=C\c1cc2ccccc2o1. The van der Waals surface area contributed by atoms with Gasteiger partial charge in [0.15, 0.2) is 0 Å². The van der Waals surface area contributed by atoms with Crippen molar-refractivity contribution in [2.45, 2.75) is 0 Å². The standard InChI is InChI=1S/C11H9NO2/c12-11(13)6-5-9-7-8-3-1-2-4-10(8)14-9/h1-7H,(H2,12,13)/b6-5-. The van der Waals surface area contributed by atoms with Crippen molar-refractivity contribution in [3.63, 3.8) is 0 Å².